The lowest BCUT2D eigenvalue weighted by Crippen LogP contribution is -2.44. The molecule has 2 rings (SSSR count). The summed E-state index contributed by atoms with van der Waals surface area (Å²) >= 11 is 1.58. The van der Waals surface area contributed by atoms with Gasteiger partial charge in [-0.3, -0.25) is 4.79 Å². The first-order valence-corrected chi connectivity index (χ1v) is 8.99. The molecule has 0 saturated carbocycles. The van der Waals surface area contributed by atoms with E-state index in [1.807, 2.05) is 18.7 Å². The molecule has 22 heavy (non-hydrogen) atoms. The van der Waals surface area contributed by atoms with Crippen molar-refractivity contribution >= 4 is 17.7 Å². The van der Waals surface area contributed by atoms with Gasteiger partial charge in [0, 0.05) is 25.3 Å². The van der Waals surface area contributed by atoms with Crippen molar-refractivity contribution in [2.75, 3.05) is 26.3 Å². The summed E-state index contributed by atoms with van der Waals surface area (Å²) in [6.45, 7) is 12.0. The molecule has 2 heterocycles. The Hall–Kier alpha value is -1.01. The molecule has 1 saturated heterocycles. The summed E-state index contributed by atoms with van der Waals surface area (Å²) < 4.78 is 7.57. The zero-order chi connectivity index (χ0) is 16.1. The molecule has 0 N–H and O–H groups in total. The molecule has 6 heteroatoms. The zero-order valence-corrected chi connectivity index (χ0v) is 14.9. The highest BCUT2D eigenvalue weighted by molar-refractivity contribution is 8.00. The number of carbonyl (C=O) groups excluding carboxylic acids is 1. The van der Waals surface area contributed by atoms with Crippen LogP contribution in [-0.4, -0.2) is 51.9 Å². The van der Waals surface area contributed by atoms with Gasteiger partial charge in [-0.05, 0) is 27.2 Å². The van der Waals surface area contributed by atoms with Crippen LogP contribution < -0.4 is 0 Å². The van der Waals surface area contributed by atoms with Crippen molar-refractivity contribution in [3.63, 3.8) is 0 Å². The molecule has 1 atom stereocenters. The largest absolute Gasteiger partial charge is 0.378 e. The van der Waals surface area contributed by atoms with Crippen LogP contribution in [0.3, 0.4) is 0 Å². The molecule has 1 aliphatic rings. The number of aromatic nitrogens is 2. The molecule has 124 valence electrons. The summed E-state index contributed by atoms with van der Waals surface area (Å²) in [4.78, 5) is 19.1. The molecular weight excluding hydrogens is 298 g/mol. The third-order valence-corrected chi connectivity index (χ3v) is 5.19. The number of thioether (sulfide) groups is 1. The first-order chi connectivity index (χ1) is 10.5. The Balaban J connectivity index is 2.05. The number of ether oxygens (including phenoxy) is 1. The fourth-order valence-corrected chi connectivity index (χ4v) is 3.65. The maximum atomic E-state index is 12.5. The summed E-state index contributed by atoms with van der Waals surface area (Å²) in [7, 11) is 0. The standard InChI is InChI=1S/C16H27N3O2S/c1-5-6-7-19-13(3)12(2)17-16(19)22-14(4)15(20)18-8-10-21-11-9-18/h14H,5-11H2,1-4H3. The summed E-state index contributed by atoms with van der Waals surface area (Å²) in [5, 5.41) is 0.859. The molecule has 1 amide bonds. The van der Waals surface area contributed by atoms with E-state index in [1.54, 1.807) is 11.8 Å². The van der Waals surface area contributed by atoms with Crippen LogP contribution in [-0.2, 0) is 16.1 Å². The van der Waals surface area contributed by atoms with E-state index in [1.165, 1.54) is 5.69 Å². The predicted molar refractivity (Wildman–Crippen MR) is 89.3 cm³/mol. The topological polar surface area (TPSA) is 47.4 Å². The number of carbonyl (C=O) groups is 1. The van der Waals surface area contributed by atoms with Crippen LogP contribution in [0.1, 0.15) is 38.1 Å². The number of imidazole rings is 1. The first kappa shape index (κ1) is 17.3. The van der Waals surface area contributed by atoms with Crippen molar-refractivity contribution in [3.05, 3.63) is 11.4 Å². The highest BCUT2D eigenvalue weighted by Crippen LogP contribution is 2.27. The van der Waals surface area contributed by atoms with Gasteiger partial charge in [-0.2, -0.15) is 0 Å². The lowest BCUT2D eigenvalue weighted by atomic mass is 10.3. The van der Waals surface area contributed by atoms with E-state index in [0.717, 1.165) is 30.2 Å². The molecule has 5 nitrogen and oxygen atoms in total. The van der Waals surface area contributed by atoms with Crippen molar-refractivity contribution in [2.45, 2.75) is 57.5 Å². The number of amides is 1. The quantitative estimate of drug-likeness (QED) is 0.755. The van der Waals surface area contributed by atoms with Gasteiger partial charge in [0.2, 0.25) is 5.91 Å². The van der Waals surface area contributed by atoms with Crippen molar-refractivity contribution < 1.29 is 9.53 Å². The highest BCUT2D eigenvalue weighted by Gasteiger charge is 2.25. The summed E-state index contributed by atoms with van der Waals surface area (Å²) in [6.07, 6.45) is 2.29. The van der Waals surface area contributed by atoms with Crippen LogP contribution >= 0.6 is 11.8 Å². The minimum atomic E-state index is -0.111. The average molecular weight is 325 g/mol. The fourth-order valence-electron chi connectivity index (χ4n) is 2.54. The van der Waals surface area contributed by atoms with Gasteiger partial charge in [0.25, 0.3) is 0 Å². The number of hydrogen-bond donors (Lipinski definition) is 0. The Bertz CT molecular complexity index is 510. The van der Waals surface area contributed by atoms with Crippen molar-refractivity contribution in [3.8, 4) is 0 Å². The second-order valence-electron chi connectivity index (χ2n) is 5.77. The molecule has 1 aliphatic heterocycles. The number of hydrogen-bond acceptors (Lipinski definition) is 4. The van der Waals surface area contributed by atoms with Crippen LogP contribution in [0.25, 0.3) is 0 Å². The van der Waals surface area contributed by atoms with Gasteiger partial charge in [0.15, 0.2) is 5.16 Å². The van der Waals surface area contributed by atoms with E-state index in [4.69, 9.17) is 4.74 Å². The lowest BCUT2D eigenvalue weighted by molar-refractivity contribution is -0.134. The van der Waals surface area contributed by atoms with Gasteiger partial charge < -0.3 is 14.2 Å². The summed E-state index contributed by atoms with van der Waals surface area (Å²) in [6, 6.07) is 0. The van der Waals surface area contributed by atoms with E-state index >= 15 is 0 Å². The van der Waals surface area contributed by atoms with E-state index < -0.39 is 0 Å². The molecule has 1 fully saturated rings. The van der Waals surface area contributed by atoms with Crippen LogP contribution in [0, 0.1) is 13.8 Å². The van der Waals surface area contributed by atoms with Crippen LogP contribution in [0.5, 0.6) is 0 Å². The molecular formula is C16H27N3O2S. The molecule has 0 radical (unpaired) electrons. The normalized spacial score (nSPS) is 16.8. The maximum absolute atomic E-state index is 12.5. The summed E-state index contributed by atoms with van der Waals surface area (Å²) in [5.41, 5.74) is 2.27. The molecule has 0 spiro atoms. The molecule has 1 aromatic rings. The second kappa shape index (κ2) is 8.02. The third-order valence-electron chi connectivity index (χ3n) is 4.11. The van der Waals surface area contributed by atoms with E-state index in [-0.39, 0.29) is 11.2 Å². The van der Waals surface area contributed by atoms with Crippen molar-refractivity contribution in [1.29, 1.82) is 0 Å². The highest BCUT2D eigenvalue weighted by atomic mass is 32.2. The fraction of sp³-hybridized carbons (Fsp3) is 0.750. The van der Waals surface area contributed by atoms with Gasteiger partial charge in [-0.1, -0.05) is 25.1 Å². The number of unbranched alkanes of at least 4 members (excludes halogenated alkanes) is 1. The number of nitrogens with zero attached hydrogens (tertiary/aromatic N) is 3. The Morgan fingerprint density at radius 2 is 2.05 bits per heavy atom. The Labute approximate surface area is 137 Å². The molecule has 0 bridgehead atoms. The summed E-state index contributed by atoms with van der Waals surface area (Å²) in [5.74, 6) is 0.189. The van der Waals surface area contributed by atoms with Crippen molar-refractivity contribution in [2.24, 2.45) is 0 Å². The monoisotopic (exact) mass is 325 g/mol. The predicted octanol–water partition coefficient (Wildman–Crippen LogP) is 2.64. The van der Waals surface area contributed by atoms with E-state index in [2.05, 4.69) is 23.4 Å². The number of aryl methyl sites for hydroxylation is 1. The van der Waals surface area contributed by atoms with Gasteiger partial charge in [-0.25, -0.2) is 4.98 Å². The molecule has 1 unspecified atom stereocenters. The van der Waals surface area contributed by atoms with E-state index in [0.29, 0.717) is 26.3 Å². The third kappa shape index (κ3) is 4.04. The zero-order valence-electron chi connectivity index (χ0n) is 14.1. The Kier molecular flexibility index (Phi) is 6.32. The van der Waals surface area contributed by atoms with Crippen LogP contribution in [0.4, 0.5) is 0 Å². The average Bonchev–Trinajstić information content (AvgIpc) is 2.79. The smallest absolute Gasteiger partial charge is 0.236 e. The minimum Gasteiger partial charge on any atom is -0.378 e. The van der Waals surface area contributed by atoms with Crippen LogP contribution in [0.15, 0.2) is 5.16 Å². The SMILES string of the molecule is CCCCn1c(SC(C)C(=O)N2CCOCC2)nc(C)c1C. The lowest BCUT2D eigenvalue weighted by Gasteiger charge is -2.29. The second-order valence-corrected chi connectivity index (χ2v) is 7.08. The van der Waals surface area contributed by atoms with Gasteiger partial charge >= 0.3 is 0 Å². The molecule has 1 aromatic heterocycles. The van der Waals surface area contributed by atoms with Crippen molar-refractivity contribution in [1.82, 2.24) is 14.5 Å². The maximum Gasteiger partial charge on any atom is 0.236 e. The van der Waals surface area contributed by atoms with Gasteiger partial charge in [0.1, 0.15) is 0 Å². The number of rotatable bonds is 6. The Morgan fingerprint density at radius 3 is 2.68 bits per heavy atom. The minimum absolute atomic E-state index is 0.111. The first-order valence-electron chi connectivity index (χ1n) is 8.11. The molecule has 0 aliphatic carbocycles. The number of morpholine rings is 1. The van der Waals surface area contributed by atoms with Gasteiger partial charge in [0.05, 0.1) is 24.2 Å². The molecule has 0 aromatic carbocycles. The Morgan fingerprint density at radius 1 is 1.36 bits per heavy atom. The van der Waals surface area contributed by atoms with Crippen LogP contribution in [0.2, 0.25) is 0 Å². The van der Waals surface area contributed by atoms with Gasteiger partial charge in [-0.15, -0.1) is 0 Å². The van der Waals surface area contributed by atoms with E-state index in [9.17, 15) is 4.79 Å².